The lowest BCUT2D eigenvalue weighted by Gasteiger charge is -2.22. The zero-order valence-electron chi connectivity index (χ0n) is 13.2. The number of hydrogen-bond acceptors (Lipinski definition) is 4. The molecular weight excluding hydrogens is 304 g/mol. The molecule has 1 atom stereocenters. The Hall–Kier alpha value is -1.46. The van der Waals surface area contributed by atoms with E-state index in [-0.39, 0.29) is 18.3 Å². The van der Waals surface area contributed by atoms with Crippen LogP contribution in [0.5, 0.6) is 11.5 Å². The van der Waals surface area contributed by atoms with Gasteiger partial charge in [-0.3, -0.25) is 4.79 Å². The van der Waals surface area contributed by atoms with Crippen LogP contribution < -0.4 is 20.1 Å². The molecule has 1 aliphatic rings. The van der Waals surface area contributed by atoms with Gasteiger partial charge in [-0.05, 0) is 50.4 Å². The SMILES string of the molecule is COc1cc(OC)cc(C(=O)NCCC2CCCNC2)c1.Cl. The summed E-state index contributed by atoms with van der Waals surface area (Å²) in [6.07, 6.45) is 3.49. The van der Waals surface area contributed by atoms with E-state index in [2.05, 4.69) is 10.6 Å². The molecule has 1 unspecified atom stereocenters. The molecule has 1 aromatic rings. The van der Waals surface area contributed by atoms with Gasteiger partial charge in [-0.2, -0.15) is 0 Å². The van der Waals surface area contributed by atoms with Crippen molar-refractivity contribution in [2.45, 2.75) is 19.3 Å². The smallest absolute Gasteiger partial charge is 0.251 e. The number of benzene rings is 1. The number of amides is 1. The van der Waals surface area contributed by atoms with Gasteiger partial charge in [0.25, 0.3) is 5.91 Å². The highest BCUT2D eigenvalue weighted by Gasteiger charge is 2.14. The molecule has 1 amide bonds. The fourth-order valence-electron chi connectivity index (χ4n) is 2.60. The quantitative estimate of drug-likeness (QED) is 0.841. The Labute approximate surface area is 138 Å². The van der Waals surface area contributed by atoms with E-state index in [9.17, 15) is 4.79 Å². The highest BCUT2D eigenvalue weighted by Crippen LogP contribution is 2.22. The van der Waals surface area contributed by atoms with Crippen LogP contribution in [0.1, 0.15) is 29.6 Å². The lowest BCUT2D eigenvalue weighted by molar-refractivity contribution is 0.0950. The molecule has 0 aliphatic carbocycles. The van der Waals surface area contributed by atoms with Crippen LogP contribution in [0.15, 0.2) is 18.2 Å². The summed E-state index contributed by atoms with van der Waals surface area (Å²) >= 11 is 0. The average Bonchev–Trinajstić information content (AvgIpc) is 2.55. The van der Waals surface area contributed by atoms with Crippen molar-refractivity contribution in [3.8, 4) is 11.5 Å². The number of rotatable bonds is 6. The zero-order chi connectivity index (χ0) is 15.1. The molecule has 1 heterocycles. The normalized spacial score (nSPS) is 17.3. The van der Waals surface area contributed by atoms with Gasteiger partial charge in [-0.15, -0.1) is 12.4 Å². The van der Waals surface area contributed by atoms with Crippen molar-refractivity contribution in [2.75, 3.05) is 33.9 Å². The molecule has 0 radical (unpaired) electrons. The number of piperidine rings is 1. The van der Waals surface area contributed by atoms with Crippen LogP contribution in [0.25, 0.3) is 0 Å². The minimum Gasteiger partial charge on any atom is -0.497 e. The van der Waals surface area contributed by atoms with Gasteiger partial charge in [-0.1, -0.05) is 0 Å². The monoisotopic (exact) mass is 328 g/mol. The number of carbonyl (C=O) groups is 1. The number of hydrogen-bond donors (Lipinski definition) is 2. The molecule has 0 bridgehead atoms. The van der Waals surface area contributed by atoms with Crippen LogP contribution in [0, 0.1) is 5.92 Å². The summed E-state index contributed by atoms with van der Waals surface area (Å²) in [5, 5.41) is 6.36. The third-order valence-electron chi connectivity index (χ3n) is 3.85. The van der Waals surface area contributed by atoms with Crippen LogP contribution in [0.4, 0.5) is 0 Å². The first-order valence-electron chi connectivity index (χ1n) is 7.45. The van der Waals surface area contributed by atoms with E-state index in [1.54, 1.807) is 32.4 Å². The second kappa shape index (κ2) is 9.54. The Bertz CT molecular complexity index is 454. The van der Waals surface area contributed by atoms with Crippen LogP contribution in [0.3, 0.4) is 0 Å². The first-order chi connectivity index (χ1) is 10.2. The molecule has 1 aliphatic heterocycles. The van der Waals surface area contributed by atoms with Crippen LogP contribution in [-0.4, -0.2) is 39.8 Å². The summed E-state index contributed by atoms with van der Waals surface area (Å²) in [6.45, 7) is 2.88. The van der Waals surface area contributed by atoms with E-state index in [4.69, 9.17) is 9.47 Å². The van der Waals surface area contributed by atoms with Gasteiger partial charge in [0.15, 0.2) is 0 Å². The lowest BCUT2D eigenvalue weighted by atomic mass is 9.96. The van der Waals surface area contributed by atoms with Crippen molar-refractivity contribution >= 4 is 18.3 Å². The second-order valence-corrected chi connectivity index (χ2v) is 5.36. The summed E-state index contributed by atoms with van der Waals surface area (Å²) in [5.74, 6) is 1.82. The maximum absolute atomic E-state index is 12.2. The first kappa shape index (κ1) is 18.6. The Morgan fingerprint density at radius 1 is 1.27 bits per heavy atom. The third-order valence-corrected chi connectivity index (χ3v) is 3.85. The Morgan fingerprint density at radius 2 is 1.95 bits per heavy atom. The minimum absolute atomic E-state index is 0. The standard InChI is InChI=1S/C16H24N2O3.ClH/c1-20-14-8-13(9-15(10-14)21-2)16(19)18-7-5-12-4-3-6-17-11-12;/h8-10,12,17H,3-7,11H2,1-2H3,(H,18,19);1H. The van der Waals surface area contributed by atoms with E-state index in [1.165, 1.54) is 12.8 Å². The Balaban J connectivity index is 0.00000242. The van der Waals surface area contributed by atoms with E-state index < -0.39 is 0 Å². The highest BCUT2D eigenvalue weighted by molar-refractivity contribution is 5.95. The minimum atomic E-state index is -0.0871. The Morgan fingerprint density at radius 3 is 2.50 bits per heavy atom. The molecule has 22 heavy (non-hydrogen) atoms. The summed E-state index contributed by atoms with van der Waals surface area (Å²) in [7, 11) is 3.15. The van der Waals surface area contributed by atoms with Crippen molar-refractivity contribution in [3.63, 3.8) is 0 Å². The van der Waals surface area contributed by atoms with Gasteiger partial charge in [0, 0.05) is 18.2 Å². The molecule has 0 aromatic heterocycles. The van der Waals surface area contributed by atoms with Crippen molar-refractivity contribution in [1.82, 2.24) is 10.6 Å². The zero-order valence-corrected chi connectivity index (χ0v) is 14.0. The number of methoxy groups -OCH3 is 2. The van der Waals surface area contributed by atoms with Crippen molar-refractivity contribution < 1.29 is 14.3 Å². The molecule has 2 N–H and O–H groups in total. The molecule has 1 fully saturated rings. The number of carbonyl (C=O) groups excluding carboxylic acids is 1. The van der Waals surface area contributed by atoms with E-state index in [1.807, 2.05) is 0 Å². The molecule has 6 heteroatoms. The molecule has 1 saturated heterocycles. The van der Waals surface area contributed by atoms with E-state index in [0.717, 1.165) is 19.5 Å². The second-order valence-electron chi connectivity index (χ2n) is 5.36. The van der Waals surface area contributed by atoms with Gasteiger partial charge < -0.3 is 20.1 Å². The maximum atomic E-state index is 12.2. The molecule has 5 nitrogen and oxygen atoms in total. The lowest BCUT2D eigenvalue weighted by Crippen LogP contribution is -2.33. The van der Waals surface area contributed by atoms with Gasteiger partial charge in [-0.25, -0.2) is 0 Å². The van der Waals surface area contributed by atoms with Crippen molar-refractivity contribution in [2.24, 2.45) is 5.92 Å². The summed E-state index contributed by atoms with van der Waals surface area (Å²) in [6, 6.07) is 5.20. The summed E-state index contributed by atoms with van der Waals surface area (Å²) in [5.41, 5.74) is 0.563. The van der Waals surface area contributed by atoms with E-state index in [0.29, 0.717) is 29.5 Å². The molecular formula is C16H25ClN2O3. The van der Waals surface area contributed by atoms with Crippen LogP contribution >= 0.6 is 12.4 Å². The van der Waals surface area contributed by atoms with E-state index >= 15 is 0 Å². The number of halogens is 1. The van der Waals surface area contributed by atoms with Crippen molar-refractivity contribution in [3.05, 3.63) is 23.8 Å². The average molecular weight is 329 g/mol. The Kier molecular flexibility index (Phi) is 8.06. The molecule has 0 saturated carbocycles. The molecule has 124 valence electrons. The van der Waals surface area contributed by atoms with Gasteiger partial charge in [0.2, 0.25) is 0 Å². The van der Waals surface area contributed by atoms with Gasteiger partial charge in [0.1, 0.15) is 11.5 Å². The predicted octanol–water partition coefficient (Wildman–Crippen LogP) is 2.25. The van der Waals surface area contributed by atoms with Crippen LogP contribution in [0.2, 0.25) is 0 Å². The fourth-order valence-corrected chi connectivity index (χ4v) is 2.60. The summed E-state index contributed by atoms with van der Waals surface area (Å²) in [4.78, 5) is 12.2. The topological polar surface area (TPSA) is 59.6 Å². The molecule has 1 aromatic carbocycles. The predicted molar refractivity (Wildman–Crippen MR) is 89.3 cm³/mol. The van der Waals surface area contributed by atoms with Gasteiger partial charge in [0.05, 0.1) is 14.2 Å². The maximum Gasteiger partial charge on any atom is 0.251 e. The first-order valence-corrected chi connectivity index (χ1v) is 7.45. The van der Waals surface area contributed by atoms with Crippen LogP contribution in [-0.2, 0) is 0 Å². The highest BCUT2D eigenvalue weighted by atomic mass is 35.5. The molecule has 0 spiro atoms. The molecule has 2 rings (SSSR count). The van der Waals surface area contributed by atoms with Crippen molar-refractivity contribution in [1.29, 1.82) is 0 Å². The van der Waals surface area contributed by atoms with Gasteiger partial charge >= 0.3 is 0 Å². The fraction of sp³-hybridized carbons (Fsp3) is 0.562. The number of nitrogens with one attached hydrogen (secondary N) is 2. The number of ether oxygens (including phenoxy) is 2. The third kappa shape index (κ3) is 5.39. The summed E-state index contributed by atoms with van der Waals surface area (Å²) < 4.78 is 10.4. The largest absolute Gasteiger partial charge is 0.497 e.